The first kappa shape index (κ1) is 14.9. The molecule has 0 spiro atoms. The van der Waals surface area contributed by atoms with Gasteiger partial charge in [-0.1, -0.05) is 25.9 Å². The van der Waals surface area contributed by atoms with Crippen molar-refractivity contribution in [1.29, 1.82) is 0 Å². The third kappa shape index (κ3) is 3.44. The van der Waals surface area contributed by atoms with Crippen LogP contribution in [0.4, 0.5) is 13.2 Å². The van der Waals surface area contributed by atoms with E-state index in [4.69, 9.17) is 5.73 Å². The molecule has 7 heteroatoms. The maximum Gasteiger partial charge on any atom is 0.415 e. The molecule has 0 fully saturated rings. The number of halogens is 3. The molecule has 0 saturated heterocycles. The van der Waals surface area contributed by atoms with E-state index in [0.29, 0.717) is 6.42 Å². The minimum absolute atomic E-state index is 0.0524. The van der Waals surface area contributed by atoms with Crippen LogP contribution in [0.15, 0.2) is 4.52 Å². The fraction of sp³-hybridized carbons (Fsp3) is 0.818. The summed E-state index contributed by atoms with van der Waals surface area (Å²) >= 11 is 0. The number of nitrogens with two attached hydrogens (primary N) is 1. The predicted octanol–water partition coefficient (Wildman–Crippen LogP) is 2.78. The largest absolute Gasteiger partial charge is 0.415 e. The molecule has 0 amide bonds. The molecule has 0 aromatic carbocycles. The first-order chi connectivity index (χ1) is 7.93. The third-order valence-electron chi connectivity index (χ3n) is 2.60. The number of rotatable bonds is 3. The van der Waals surface area contributed by atoms with Crippen LogP contribution in [0.2, 0.25) is 0 Å². The first-order valence-corrected chi connectivity index (χ1v) is 5.62. The fourth-order valence-corrected chi connectivity index (χ4v) is 1.17. The van der Waals surface area contributed by atoms with Gasteiger partial charge < -0.3 is 10.3 Å². The fourth-order valence-electron chi connectivity index (χ4n) is 1.17. The van der Waals surface area contributed by atoms with Crippen LogP contribution < -0.4 is 5.73 Å². The van der Waals surface area contributed by atoms with E-state index in [1.54, 1.807) is 0 Å². The van der Waals surface area contributed by atoms with Gasteiger partial charge in [-0.2, -0.15) is 18.2 Å². The van der Waals surface area contributed by atoms with E-state index >= 15 is 0 Å². The highest BCUT2D eigenvalue weighted by atomic mass is 19.4. The first-order valence-electron chi connectivity index (χ1n) is 5.62. The molecule has 2 N–H and O–H groups in total. The summed E-state index contributed by atoms with van der Waals surface area (Å²) in [7, 11) is 0. The lowest BCUT2D eigenvalue weighted by Crippen LogP contribution is -2.48. The van der Waals surface area contributed by atoms with Crippen molar-refractivity contribution in [3.63, 3.8) is 0 Å². The van der Waals surface area contributed by atoms with Crippen LogP contribution in [-0.2, 0) is 12.0 Å². The summed E-state index contributed by atoms with van der Waals surface area (Å²) in [6.07, 6.45) is -3.42. The lowest BCUT2D eigenvalue weighted by Gasteiger charge is -2.22. The number of alkyl halides is 3. The molecule has 1 aromatic rings. The highest BCUT2D eigenvalue weighted by molar-refractivity contribution is 5.04. The second-order valence-electron chi connectivity index (χ2n) is 5.78. The molecule has 104 valence electrons. The molecule has 1 rings (SSSR count). The van der Waals surface area contributed by atoms with Crippen LogP contribution in [-0.4, -0.2) is 16.3 Å². The van der Waals surface area contributed by atoms with Crippen molar-refractivity contribution in [3.8, 4) is 0 Å². The molecule has 0 aliphatic carbocycles. The SMILES string of the molecule is CC(C)(C)CCc1noc(C(C)(N)C(F)(F)F)n1. The Morgan fingerprint density at radius 2 is 1.72 bits per heavy atom. The van der Waals surface area contributed by atoms with E-state index in [1.165, 1.54) is 0 Å². The lowest BCUT2D eigenvalue weighted by atomic mass is 9.90. The minimum atomic E-state index is -4.62. The van der Waals surface area contributed by atoms with E-state index < -0.39 is 17.6 Å². The van der Waals surface area contributed by atoms with Gasteiger partial charge in [-0.15, -0.1) is 0 Å². The van der Waals surface area contributed by atoms with Crippen molar-refractivity contribution in [2.75, 3.05) is 0 Å². The summed E-state index contributed by atoms with van der Waals surface area (Å²) in [6, 6.07) is 0. The van der Waals surface area contributed by atoms with Crippen molar-refractivity contribution < 1.29 is 17.7 Å². The van der Waals surface area contributed by atoms with E-state index in [9.17, 15) is 13.2 Å². The lowest BCUT2D eigenvalue weighted by molar-refractivity contribution is -0.190. The maximum atomic E-state index is 12.7. The average molecular weight is 265 g/mol. The van der Waals surface area contributed by atoms with Crippen molar-refractivity contribution in [3.05, 3.63) is 11.7 Å². The molecule has 0 bridgehead atoms. The van der Waals surface area contributed by atoms with Crippen molar-refractivity contribution in [1.82, 2.24) is 10.1 Å². The summed E-state index contributed by atoms with van der Waals surface area (Å²) in [5.41, 5.74) is 2.63. The van der Waals surface area contributed by atoms with E-state index in [-0.39, 0.29) is 11.2 Å². The van der Waals surface area contributed by atoms with Gasteiger partial charge >= 0.3 is 6.18 Å². The van der Waals surface area contributed by atoms with Gasteiger partial charge in [0.05, 0.1) is 0 Å². The van der Waals surface area contributed by atoms with Crippen molar-refractivity contribution in [2.24, 2.45) is 11.1 Å². The smallest absolute Gasteiger partial charge is 0.337 e. The number of aromatic nitrogens is 2. The normalized spacial score (nSPS) is 16.7. The number of hydrogen-bond acceptors (Lipinski definition) is 4. The zero-order valence-electron chi connectivity index (χ0n) is 10.9. The van der Waals surface area contributed by atoms with E-state index in [0.717, 1.165) is 13.3 Å². The van der Waals surface area contributed by atoms with E-state index in [1.807, 2.05) is 20.8 Å². The third-order valence-corrected chi connectivity index (χ3v) is 2.60. The number of nitrogens with zero attached hydrogens (tertiary/aromatic N) is 2. The van der Waals surface area contributed by atoms with Gasteiger partial charge in [0.1, 0.15) is 0 Å². The Balaban J connectivity index is 2.81. The number of aryl methyl sites for hydroxylation is 1. The topological polar surface area (TPSA) is 64.9 Å². The van der Waals surface area contributed by atoms with Crippen LogP contribution in [0.25, 0.3) is 0 Å². The Bertz CT molecular complexity index is 404. The highest BCUT2D eigenvalue weighted by Gasteiger charge is 2.53. The molecule has 18 heavy (non-hydrogen) atoms. The predicted molar refractivity (Wildman–Crippen MR) is 59.7 cm³/mol. The zero-order chi connectivity index (χ0) is 14.2. The van der Waals surface area contributed by atoms with Crippen LogP contribution >= 0.6 is 0 Å². The van der Waals surface area contributed by atoms with Crippen LogP contribution in [0.5, 0.6) is 0 Å². The van der Waals surface area contributed by atoms with Gasteiger partial charge in [-0.3, -0.25) is 0 Å². The molecule has 1 unspecified atom stereocenters. The maximum absolute atomic E-state index is 12.7. The summed E-state index contributed by atoms with van der Waals surface area (Å²) < 4.78 is 42.6. The Hall–Kier alpha value is -1.11. The Kier molecular flexibility index (Phi) is 3.76. The van der Waals surface area contributed by atoms with Crippen molar-refractivity contribution in [2.45, 2.75) is 52.3 Å². The zero-order valence-corrected chi connectivity index (χ0v) is 10.9. The Morgan fingerprint density at radius 3 is 2.17 bits per heavy atom. The second-order valence-corrected chi connectivity index (χ2v) is 5.78. The van der Waals surface area contributed by atoms with Crippen LogP contribution in [0, 0.1) is 5.41 Å². The molecule has 0 aliphatic rings. The molecule has 0 saturated carbocycles. The molecule has 1 aromatic heterocycles. The van der Waals surface area contributed by atoms with Gasteiger partial charge in [0, 0.05) is 6.42 Å². The van der Waals surface area contributed by atoms with Gasteiger partial charge in [0.2, 0.25) is 0 Å². The minimum Gasteiger partial charge on any atom is -0.337 e. The van der Waals surface area contributed by atoms with Gasteiger partial charge in [-0.05, 0) is 18.8 Å². The summed E-state index contributed by atoms with van der Waals surface area (Å²) in [5.74, 6) is -0.347. The van der Waals surface area contributed by atoms with Crippen LogP contribution in [0.3, 0.4) is 0 Å². The average Bonchev–Trinajstić information content (AvgIpc) is 2.60. The molecule has 4 nitrogen and oxygen atoms in total. The molecule has 0 radical (unpaired) electrons. The van der Waals surface area contributed by atoms with Gasteiger partial charge in [-0.25, -0.2) is 0 Å². The van der Waals surface area contributed by atoms with Gasteiger partial charge in [0.15, 0.2) is 11.4 Å². The quantitative estimate of drug-likeness (QED) is 0.912. The second kappa shape index (κ2) is 4.53. The highest BCUT2D eigenvalue weighted by Crippen LogP contribution is 2.35. The van der Waals surface area contributed by atoms with Gasteiger partial charge in [0.25, 0.3) is 5.89 Å². The van der Waals surface area contributed by atoms with Crippen LogP contribution in [0.1, 0.15) is 45.8 Å². The summed E-state index contributed by atoms with van der Waals surface area (Å²) in [4.78, 5) is 3.73. The Morgan fingerprint density at radius 1 is 1.17 bits per heavy atom. The molecular weight excluding hydrogens is 247 g/mol. The molecular formula is C11H18F3N3O. The molecule has 1 heterocycles. The standard InChI is InChI=1S/C11H18F3N3O/c1-9(2,3)6-5-7-16-8(18-17-7)10(4,15)11(12,13)14/h5-6,15H2,1-4H3. The van der Waals surface area contributed by atoms with E-state index in [2.05, 4.69) is 14.7 Å². The van der Waals surface area contributed by atoms with Crippen molar-refractivity contribution >= 4 is 0 Å². The summed E-state index contributed by atoms with van der Waals surface area (Å²) in [5, 5.41) is 3.53. The number of hydrogen-bond donors (Lipinski definition) is 1. The molecule has 0 aliphatic heterocycles. The molecule has 1 atom stereocenters. The monoisotopic (exact) mass is 265 g/mol. The summed E-state index contributed by atoms with van der Waals surface area (Å²) in [6.45, 7) is 6.89. The Labute approximate surface area is 104 Å².